The Morgan fingerprint density at radius 2 is 1.29 bits per heavy atom. The van der Waals surface area contributed by atoms with Crippen LogP contribution in [0, 0.1) is 10.1 Å². The van der Waals surface area contributed by atoms with E-state index in [-0.39, 0.29) is 30.1 Å². The summed E-state index contributed by atoms with van der Waals surface area (Å²) in [5.74, 6) is -0.297. The zero-order valence-electron chi connectivity index (χ0n) is 39.8. The Kier molecular flexibility index (Phi) is 26.9. The molecule has 1 aromatic heterocycles. The summed E-state index contributed by atoms with van der Waals surface area (Å²) in [6.45, 7) is 0.424. The number of unbranched alkanes of at least 4 members (excludes halogenated alkanes) is 19. The van der Waals surface area contributed by atoms with E-state index in [2.05, 4.69) is 22.6 Å². The number of non-ortho nitro benzene ring substituents is 1. The molecule has 388 valence electrons. The molecule has 0 aliphatic carbocycles. The van der Waals surface area contributed by atoms with E-state index in [0.717, 1.165) is 89.0 Å². The number of amides is 1. The van der Waals surface area contributed by atoms with Gasteiger partial charge in [0.05, 0.1) is 36.9 Å². The number of rotatable bonds is 35. The third kappa shape index (κ3) is 18.5. The van der Waals surface area contributed by atoms with Crippen LogP contribution in [0.25, 0.3) is 11.0 Å². The van der Waals surface area contributed by atoms with E-state index in [4.69, 9.17) is 23.6 Å². The topological polar surface area (TPSA) is 310 Å². The maximum atomic E-state index is 13.2. The summed E-state index contributed by atoms with van der Waals surface area (Å²) in [4.78, 5) is 24.0. The van der Waals surface area contributed by atoms with E-state index in [1.165, 1.54) is 57.4 Å². The highest BCUT2D eigenvalue weighted by atomic mass is 16.7. The molecular weight excluding hydrogens is 889 g/mol. The van der Waals surface area contributed by atoms with Gasteiger partial charge >= 0.3 is 5.69 Å². The van der Waals surface area contributed by atoms with Gasteiger partial charge in [-0.05, 0) is 54.0 Å². The van der Waals surface area contributed by atoms with Gasteiger partial charge in [-0.15, -0.1) is 0 Å². The molecule has 0 spiro atoms. The molecule has 2 aliphatic heterocycles. The van der Waals surface area contributed by atoms with Crippen molar-refractivity contribution < 1.29 is 74.1 Å². The van der Waals surface area contributed by atoms with Crippen molar-refractivity contribution in [1.29, 1.82) is 0 Å². The fraction of sp³-hybridized carbons (Fsp3) is 0.812. The van der Waals surface area contributed by atoms with Gasteiger partial charge in [0.25, 0.3) is 0 Å². The van der Waals surface area contributed by atoms with Gasteiger partial charge in [0, 0.05) is 12.5 Å². The monoisotopic (exact) mass is 969 g/mol. The number of allylic oxidation sites excluding steroid dienone is 1. The molecule has 1 amide bonds. The predicted molar refractivity (Wildman–Crippen MR) is 249 cm³/mol. The maximum absolute atomic E-state index is 13.2. The number of nitro groups is 1. The molecule has 3 heterocycles. The summed E-state index contributed by atoms with van der Waals surface area (Å²) in [6.07, 6.45) is 9.79. The van der Waals surface area contributed by atoms with Crippen molar-refractivity contribution in [2.45, 2.75) is 228 Å². The maximum Gasteiger partial charge on any atom is 0.300 e. The Morgan fingerprint density at radius 3 is 1.91 bits per heavy atom. The van der Waals surface area contributed by atoms with Crippen LogP contribution in [0.3, 0.4) is 0 Å². The quantitative estimate of drug-likeness (QED) is 0.0201. The molecule has 4 rings (SSSR count). The number of hydrogen-bond acceptors (Lipinski definition) is 18. The number of benzene rings is 1. The first kappa shape index (κ1) is 57.3. The molecule has 2 saturated heterocycles. The molecule has 9 N–H and O–H groups in total. The number of aliphatic hydroxyl groups is 8. The number of carbonyl (C=O) groups excluding carboxylic acids is 1. The molecule has 20 heteroatoms. The molecule has 12 atom stereocenters. The van der Waals surface area contributed by atoms with Gasteiger partial charge in [0.1, 0.15) is 54.3 Å². The van der Waals surface area contributed by atoms with Gasteiger partial charge < -0.3 is 65.1 Å². The summed E-state index contributed by atoms with van der Waals surface area (Å²) in [7, 11) is 0. The molecule has 68 heavy (non-hydrogen) atoms. The SMILES string of the molecule is CCCCCCCCCCCCC/C=C/[C@@H](O)[C@H](CO[C@@H]1O[C@H](CO)[C@@H](O[C@@H]2O[C@H](CO)[C@H](O)[C@H](O)[C@H]2O)[C@H](O)[C@H]1O)NC(=O)CCCCCCCCCCCc1ccc([N+](=O)[O-])c2nonc12. The van der Waals surface area contributed by atoms with Crippen LogP contribution in [0.5, 0.6) is 0 Å². The van der Waals surface area contributed by atoms with E-state index in [9.17, 15) is 55.8 Å². The fourth-order valence-corrected chi connectivity index (χ4v) is 8.78. The normalized spacial score (nSPS) is 26.4. The van der Waals surface area contributed by atoms with Crippen molar-refractivity contribution in [3.63, 3.8) is 0 Å². The molecule has 2 aliphatic rings. The van der Waals surface area contributed by atoms with E-state index in [1.54, 1.807) is 12.1 Å². The van der Waals surface area contributed by atoms with Crippen molar-refractivity contribution in [2.24, 2.45) is 0 Å². The number of nitro benzene ring substituents is 1. The Hall–Kier alpha value is -3.25. The van der Waals surface area contributed by atoms with Gasteiger partial charge in [-0.3, -0.25) is 14.9 Å². The van der Waals surface area contributed by atoms with Crippen LogP contribution in [0.1, 0.15) is 154 Å². The molecule has 0 radical (unpaired) electrons. The standard InChI is InChI=1S/C48H80N4O16/c1-2-3-4-5-6-7-8-9-10-13-16-19-22-25-35(55)33(31-64-47-45(61)43(59)46(37(30-54)66-47)67-48-44(60)42(58)41(57)36(29-53)65-48)49-38(56)26-23-20-17-14-11-12-15-18-21-24-32-27-28-34(52(62)63)40-39(32)50-68-51-40/h22,25,27-28,33,35-37,41-48,53-55,57-61H,2-21,23-24,26,29-31H2,1H3,(H,49,56)/b25-22+/t33-,35+,36+,37+,41-,42-,43+,44+,45+,46+,47+,48-/m0/s1. The second-order valence-electron chi connectivity index (χ2n) is 18.4. The average molecular weight is 969 g/mol. The van der Waals surface area contributed by atoms with Crippen molar-refractivity contribution >= 4 is 22.6 Å². The minimum Gasteiger partial charge on any atom is -0.394 e. The molecule has 0 bridgehead atoms. The van der Waals surface area contributed by atoms with Gasteiger partial charge in [-0.2, -0.15) is 0 Å². The summed E-state index contributed by atoms with van der Waals surface area (Å²) in [5, 5.41) is 106. The van der Waals surface area contributed by atoms with Crippen LogP contribution in [-0.2, 0) is 30.2 Å². The fourth-order valence-electron chi connectivity index (χ4n) is 8.78. The second-order valence-corrected chi connectivity index (χ2v) is 18.4. The van der Waals surface area contributed by atoms with E-state index in [1.807, 2.05) is 6.08 Å². The molecule has 2 fully saturated rings. The molecular formula is C48H80N4O16. The first-order valence-corrected chi connectivity index (χ1v) is 25.1. The number of nitrogens with one attached hydrogen (secondary N) is 1. The van der Waals surface area contributed by atoms with Gasteiger partial charge in [-0.25, -0.2) is 4.63 Å². The first-order valence-electron chi connectivity index (χ1n) is 25.1. The summed E-state index contributed by atoms with van der Waals surface area (Å²) in [6, 6.07) is 2.19. The number of carbonyl (C=O) groups is 1. The van der Waals surface area contributed by atoms with Crippen LogP contribution >= 0.6 is 0 Å². The summed E-state index contributed by atoms with van der Waals surface area (Å²) in [5.41, 5.74) is 1.36. The number of nitrogens with zero attached hydrogens (tertiary/aromatic N) is 3. The lowest BCUT2D eigenvalue weighted by molar-refractivity contribution is -0.383. The minimum absolute atomic E-state index is 0.122. The zero-order valence-corrected chi connectivity index (χ0v) is 39.8. The molecule has 0 saturated carbocycles. The van der Waals surface area contributed by atoms with E-state index >= 15 is 0 Å². The number of aryl methyl sites for hydroxylation is 1. The number of fused-ring (bicyclic) bond motifs is 1. The lowest BCUT2D eigenvalue weighted by Crippen LogP contribution is -2.65. The highest BCUT2D eigenvalue weighted by Crippen LogP contribution is 2.30. The van der Waals surface area contributed by atoms with Gasteiger partial charge in [0.2, 0.25) is 11.4 Å². The van der Waals surface area contributed by atoms with Crippen LogP contribution < -0.4 is 5.32 Å². The highest BCUT2D eigenvalue weighted by molar-refractivity contribution is 5.85. The molecule has 0 unspecified atom stereocenters. The Labute approximate surface area is 399 Å². The molecule has 1 aromatic carbocycles. The third-order valence-corrected chi connectivity index (χ3v) is 13.0. The summed E-state index contributed by atoms with van der Waals surface area (Å²) >= 11 is 0. The Balaban J connectivity index is 1.20. The number of aliphatic hydroxyl groups excluding tert-OH is 8. The van der Waals surface area contributed by atoms with E-state index in [0.29, 0.717) is 11.9 Å². The van der Waals surface area contributed by atoms with Crippen LogP contribution in [-0.4, -0.2) is 155 Å². The van der Waals surface area contributed by atoms with Crippen LogP contribution in [0.4, 0.5) is 5.69 Å². The third-order valence-electron chi connectivity index (χ3n) is 13.0. The average Bonchev–Trinajstić information content (AvgIpc) is 3.83. The number of hydrogen-bond donors (Lipinski definition) is 9. The van der Waals surface area contributed by atoms with Gasteiger partial charge in [-0.1, -0.05) is 128 Å². The van der Waals surface area contributed by atoms with Gasteiger partial charge in [0.15, 0.2) is 12.6 Å². The lowest BCUT2D eigenvalue weighted by atomic mass is 9.97. The number of ether oxygens (including phenoxy) is 4. The zero-order chi connectivity index (χ0) is 49.3. The molecule has 2 aromatic rings. The number of aromatic nitrogens is 2. The predicted octanol–water partition coefficient (Wildman–Crippen LogP) is 4.32. The van der Waals surface area contributed by atoms with Crippen molar-refractivity contribution in [3.05, 3.63) is 40.0 Å². The van der Waals surface area contributed by atoms with Crippen molar-refractivity contribution in [1.82, 2.24) is 15.6 Å². The Bertz CT molecular complexity index is 1730. The molecule has 20 nitrogen and oxygen atoms in total. The van der Waals surface area contributed by atoms with Crippen molar-refractivity contribution in [2.75, 3.05) is 19.8 Å². The minimum atomic E-state index is -1.81. The van der Waals surface area contributed by atoms with Crippen molar-refractivity contribution in [3.8, 4) is 0 Å². The smallest absolute Gasteiger partial charge is 0.300 e. The lowest BCUT2D eigenvalue weighted by Gasteiger charge is -2.46. The second kappa shape index (κ2) is 31.9. The van der Waals surface area contributed by atoms with Crippen LogP contribution in [0.15, 0.2) is 28.9 Å². The first-order chi connectivity index (χ1) is 32.9. The summed E-state index contributed by atoms with van der Waals surface area (Å²) < 4.78 is 27.4. The largest absolute Gasteiger partial charge is 0.394 e. The highest BCUT2D eigenvalue weighted by Gasteiger charge is 2.51. The Morgan fingerprint density at radius 1 is 0.735 bits per heavy atom. The van der Waals surface area contributed by atoms with Crippen LogP contribution in [0.2, 0.25) is 0 Å². The van der Waals surface area contributed by atoms with E-state index < -0.39 is 91.7 Å².